The number of carbonyl (C=O) groups excluding carboxylic acids is 1. The molecule has 2 aromatic carbocycles. The van der Waals surface area contributed by atoms with Gasteiger partial charge in [0.1, 0.15) is 5.75 Å². The third kappa shape index (κ3) is 5.75. The summed E-state index contributed by atoms with van der Waals surface area (Å²) < 4.78 is 37.4. The van der Waals surface area contributed by atoms with Gasteiger partial charge < -0.3 is 14.8 Å². The van der Waals surface area contributed by atoms with E-state index in [0.717, 1.165) is 5.56 Å². The molecule has 0 saturated carbocycles. The number of thioether (sulfide) groups is 1. The molecular formula is C21H26N2O5S2. The quantitative estimate of drug-likeness (QED) is 0.623. The van der Waals surface area contributed by atoms with Gasteiger partial charge in [0.25, 0.3) is 5.91 Å². The van der Waals surface area contributed by atoms with Gasteiger partial charge in [0.05, 0.1) is 24.2 Å². The average molecular weight is 451 g/mol. The van der Waals surface area contributed by atoms with Gasteiger partial charge in [0, 0.05) is 18.0 Å². The number of nitrogens with one attached hydrogen (secondary N) is 1. The SMILES string of the molecule is CSc1ccc([C@@H](C)NC(=O)COc2ccc(S(=O)(=O)N3CCOCC3)cc2)cc1. The first kappa shape index (κ1) is 22.6. The van der Waals surface area contributed by atoms with E-state index >= 15 is 0 Å². The summed E-state index contributed by atoms with van der Waals surface area (Å²) in [6.45, 7) is 3.25. The smallest absolute Gasteiger partial charge is 0.258 e. The van der Waals surface area contributed by atoms with Crippen molar-refractivity contribution < 1.29 is 22.7 Å². The fraction of sp³-hybridized carbons (Fsp3) is 0.381. The molecule has 0 aromatic heterocycles. The van der Waals surface area contributed by atoms with Crippen LogP contribution in [0.5, 0.6) is 5.75 Å². The summed E-state index contributed by atoms with van der Waals surface area (Å²) in [6, 6.07) is 14.0. The lowest BCUT2D eigenvalue weighted by Crippen LogP contribution is -2.40. The van der Waals surface area contributed by atoms with Crippen molar-refractivity contribution in [1.82, 2.24) is 9.62 Å². The number of hydrogen-bond acceptors (Lipinski definition) is 6. The molecule has 1 N–H and O–H groups in total. The Morgan fingerprint density at radius 3 is 2.37 bits per heavy atom. The summed E-state index contributed by atoms with van der Waals surface area (Å²) in [4.78, 5) is 13.6. The molecule has 1 atom stereocenters. The zero-order chi connectivity index (χ0) is 21.6. The van der Waals surface area contributed by atoms with E-state index in [4.69, 9.17) is 9.47 Å². The second-order valence-electron chi connectivity index (χ2n) is 6.84. The van der Waals surface area contributed by atoms with Gasteiger partial charge in [-0.15, -0.1) is 11.8 Å². The summed E-state index contributed by atoms with van der Waals surface area (Å²) in [6.07, 6.45) is 2.02. The summed E-state index contributed by atoms with van der Waals surface area (Å²) in [7, 11) is -3.54. The molecule has 1 aliphatic heterocycles. The number of sulfonamides is 1. The topological polar surface area (TPSA) is 84.9 Å². The molecule has 162 valence electrons. The van der Waals surface area contributed by atoms with Crippen LogP contribution in [0.1, 0.15) is 18.5 Å². The Morgan fingerprint density at radius 2 is 1.77 bits per heavy atom. The van der Waals surface area contributed by atoms with Gasteiger partial charge in [-0.1, -0.05) is 12.1 Å². The summed E-state index contributed by atoms with van der Waals surface area (Å²) >= 11 is 1.67. The van der Waals surface area contributed by atoms with Crippen molar-refractivity contribution in [2.45, 2.75) is 22.8 Å². The van der Waals surface area contributed by atoms with E-state index in [-0.39, 0.29) is 23.5 Å². The van der Waals surface area contributed by atoms with Crippen LogP contribution < -0.4 is 10.1 Å². The highest BCUT2D eigenvalue weighted by Crippen LogP contribution is 2.21. The maximum Gasteiger partial charge on any atom is 0.258 e. The standard InChI is InChI=1S/C21H26N2O5S2/c1-16(17-3-7-19(29-2)8-4-17)22-21(24)15-28-18-5-9-20(10-6-18)30(25,26)23-11-13-27-14-12-23/h3-10,16H,11-15H2,1-2H3,(H,22,24)/t16-/m1/s1. The molecule has 9 heteroatoms. The lowest BCUT2D eigenvalue weighted by Gasteiger charge is -2.26. The van der Waals surface area contributed by atoms with Crippen LogP contribution >= 0.6 is 11.8 Å². The lowest BCUT2D eigenvalue weighted by molar-refractivity contribution is -0.123. The molecule has 0 bridgehead atoms. The van der Waals surface area contributed by atoms with Crippen molar-refractivity contribution in [2.24, 2.45) is 0 Å². The van der Waals surface area contributed by atoms with Gasteiger partial charge in [-0.3, -0.25) is 4.79 Å². The number of carbonyl (C=O) groups is 1. The normalized spacial score (nSPS) is 16.1. The highest BCUT2D eigenvalue weighted by Gasteiger charge is 2.26. The summed E-state index contributed by atoms with van der Waals surface area (Å²) in [5.41, 5.74) is 1.01. The molecule has 3 rings (SSSR count). The van der Waals surface area contributed by atoms with Crippen LogP contribution in [0.25, 0.3) is 0 Å². The van der Waals surface area contributed by atoms with Gasteiger partial charge in [0.15, 0.2) is 6.61 Å². The molecule has 0 aliphatic carbocycles. The second kappa shape index (κ2) is 10.3. The minimum Gasteiger partial charge on any atom is -0.484 e. The van der Waals surface area contributed by atoms with Crippen LogP contribution in [0.2, 0.25) is 0 Å². The van der Waals surface area contributed by atoms with Gasteiger partial charge in [-0.05, 0) is 55.1 Å². The van der Waals surface area contributed by atoms with E-state index in [1.807, 2.05) is 37.4 Å². The van der Waals surface area contributed by atoms with E-state index < -0.39 is 10.0 Å². The molecule has 1 amide bonds. The first-order valence-corrected chi connectivity index (χ1v) is 12.3. The van der Waals surface area contributed by atoms with E-state index in [9.17, 15) is 13.2 Å². The van der Waals surface area contributed by atoms with Crippen molar-refractivity contribution in [3.05, 3.63) is 54.1 Å². The molecule has 1 fully saturated rings. The summed E-state index contributed by atoms with van der Waals surface area (Å²) in [5.74, 6) is 0.185. The highest BCUT2D eigenvalue weighted by atomic mass is 32.2. The predicted octanol–water partition coefficient (Wildman–Crippen LogP) is 2.69. The Kier molecular flexibility index (Phi) is 7.76. The predicted molar refractivity (Wildman–Crippen MR) is 116 cm³/mol. The van der Waals surface area contributed by atoms with E-state index in [2.05, 4.69) is 5.32 Å². The van der Waals surface area contributed by atoms with Gasteiger partial charge >= 0.3 is 0 Å². The van der Waals surface area contributed by atoms with Gasteiger partial charge in [-0.2, -0.15) is 4.31 Å². The highest BCUT2D eigenvalue weighted by molar-refractivity contribution is 7.98. The van der Waals surface area contributed by atoms with Crippen LogP contribution in [-0.2, 0) is 19.6 Å². The maximum absolute atomic E-state index is 12.6. The van der Waals surface area contributed by atoms with Crippen LogP contribution in [-0.4, -0.2) is 57.8 Å². The number of nitrogens with zero attached hydrogens (tertiary/aromatic N) is 1. The van der Waals surface area contributed by atoms with E-state index in [0.29, 0.717) is 32.1 Å². The Hall–Kier alpha value is -2.07. The molecule has 1 heterocycles. The summed E-state index contributed by atoms with van der Waals surface area (Å²) in [5, 5.41) is 2.90. The molecule has 0 radical (unpaired) electrons. The minimum atomic E-state index is -3.54. The third-order valence-electron chi connectivity index (χ3n) is 4.79. The van der Waals surface area contributed by atoms with Crippen molar-refractivity contribution in [3.63, 3.8) is 0 Å². The molecule has 0 unspecified atom stereocenters. The van der Waals surface area contributed by atoms with Gasteiger partial charge in [0.2, 0.25) is 10.0 Å². The Labute approximate surface area is 181 Å². The molecular weight excluding hydrogens is 424 g/mol. The number of morpholine rings is 1. The lowest BCUT2D eigenvalue weighted by atomic mass is 10.1. The zero-order valence-electron chi connectivity index (χ0n) is 17.0. The van der Waals surface area contributed by atoms with Gasteiger partial charge in [-0.25, -0.2) is 8.42 Å². The minimum absolute atomic E-state index is 0.141. The van der Waals surface area contributed by atoms with E-state index in [1.54, 1.807) is 23.9 Å². The van der Waals surface area contributed by atoms with Crippen molar-refractivity contribution in [2.75, 3.05) is 39.2 Å². The van der Waals surface area contributed by atoms with Crippen LogP contribution in [0.4, 0.5) is 0 Å². The molecule has 2 aromatic rings. The number of ether oxygens (including phenoxy) is 2. The Bertz CT molecular complexity index is 940. The molecule has 1 saturated heterocycles. The van der Waals surface area contributed by atoms with Crippen LogP contribution in [0.15, 0.2) is 58.3 Å². The monoisotopic (exact) mass is 450 g/mol. The molecule has 0 spiro atoms. The molecule has 1 aliphatic rings. The Morgan fingerprint density at radius 1 is 1.13 bits per heavy atom. The fourth-order valence-electron chi connectivity index (χ4n) is 3.05. The first-order chi connectivity index (χ1) is 14.4. The number of amides is 1. The number of benzene rings is 2. The van der Waals surface area contributed by atoms with E-state index in [1.165, 1.54) is 21.3 Å². The molecule has 30 heavy (non-hydrogen) atoms. The van der Waals surface area contributed by atoms with Crippen molar-refractivity contribution >= 4 is 27.7 Å². The van der Waals surface area contributed by atoms with Crippen LogP contribution in [0.3, 0.4) is 0 Å². The van der Waals surface area contributed by atoms with Crippen LogP contribution in [0, 0.1) is 0 Å². The number of rotatable bonds is 8. The maximum atomic E-state index is 12.6. The second-order valence-corrected chi connectivity index (χ2v) is 9.66. The molecule has 7 nitrogen and oxygen atoms in total. The van der Waals surface area contributed by atoms with Crippen molar-refractivity contribution in [1.29, 1.82) is 0 Å². The number of hydrogen-bond donors (Lipinski definition) is 1. The van der Waals surface area contributed by atoms with Crippen molar-refractivity contribution in [3.8, 4) is 5.75 Å². The Balaban J connectivity index is 1.52. The third-order valence-corrected chi connectivity index (χ3v) is 7.45. The first-order valence-electron chi connectivity index (χ1n) is 9.64. The zero-order valence-corrected chi connectivity index (χ0v) is 18.7. The fourth-order valence-corrected chi connectivity index (χ4v) is 4.87. The average Bonchev–Trinajstić information content (AvgIpc) is 2.78. The largest absolute Gasteiger partial charge is 0.484 e.